The van der Waals surface area contributed by atoms with Crippen molar-refractivity contribution in [1.29, 1.82) is 0 Å². The summed E-state index contributed by atoms with van der Waals surface area (Å²) in [5.41, 5.74) is 0. The fourth-order valence-corrected chi connectivity index (χ4v) is 1.40. The van der Waals surface area contributed by atoms with Crippen molar-refractivity contribution >= 4 is 5.95 Å². The van der Waals surface area contributed by atoms with E-state index >= 15 is 0 Å². The second-order valence-electron chi connectivity index (χ2n) is 3.92. The van der Waals surface area contributed by atoms with Crippen molar-refractivity contribution in [2.45, 2.75) is 27.3 Å². The summed E-state index contributed by atoms with van der Waals surface area (Å²) >= 11 is 0. The Labute approximate surface area is 91.7 Å². The summed E-state index contributed by atoms with van der Waals surface area (Å²) in [4.78, 5) is 4.26. The number of rotatable bonds is 7. The molecule has 1 N–H and O–H groups in total. The molecule has 0 aliphatic heterocycles. The maximum Gasteiger partial charge on any atom is 0.202 e. The van der Waals surface area contributed by atoms with Crippen LogP contribution in [0.3, 0.4) is 0 Å². The van der Waals surface area contributed by atoms with E-state index in [2.05, 4.69) is 28.7 Å². The van der Waals surface area contributed by atoms with Gasteiger partial charge in [0.15, 0.2) is 0 Å². The summed E-state index contributed by atoms with van der Waals surface area (Å²) < 4.78 is 7.39. The molecule has 1 aromatic rings. The zero-order valence-electron chi connectivity index (χ0n) is 9.86. The Hall–Kier alpha value is -1.03. The molecule has 0 saturated heterocycles. The van der Waals surface area contributed by atoms with Crippen LogP contribution in [0, 0.1) is 5.92 Å². The third kappa shape index (κ3) is 4.34. The Balaban J connectivity index is 2.36. The minimum absolute atomic E-state index is 0.631. The number of aromatic nitrogens is 2. The van der Waals surface area contributed by atoms with E-state index in [4.69, 9.17) is 4.74 Å². The number of anilines is 1. The SMILES string of the molecule is CCOCCNc1nccn1CC(C)C. The molecule has 4 heteroatoms. The lowest BCUT2D eigenvalue weighted by Gasteiger charge is -2.11. The van der Waals surface area contributed by atoms with Crippen LogP contribution in [-0.4, -0.2) is 29.3 Å². The Morgan fingerprint density at radius 2 is 2.33 bits per heavy atom. The first-order valence-corrected chi connectivity index (χ1v) is 5.56. The topological polar surface area (TPSA) is 39.1 Å². The highest BCUT2D eigenvalue weighted by Gasteiger charge is 2.03. The molecule has 0 aliphatic carbocycles. The normalized spacial score (nSPS) is 10.9. The van der Waals surface area contributed by atoms with E-state index in [0.29, 0.717) is 5.92 Å². The van der Waals surface area contributed by atoms with Crippen molar-refractivity contribution in [2.24, 2.45) is 5.92 Å². The summed E-state index contributed by atoms with van der Waals surface area (Å²) in [7, 11) is 0. The zero-order chi connectivity index (χ0) is 11.1. The molecule has 0 aliphatic rings. The van der Waals surface area contributed by atoms with E-state index in [-0.39, 0.29) is 0 Å². The maximum atomic E-state index is 5.25. The minimum Gasteiger partial charge on any atom is -0.380 e. The van der Waals surface area contributed by atoms with Gasteiger partial charge < -0.3 is 14.6 Å². The van der Waals surface area contributed by atoms with E-state index in [1.54, 1.807) is 0 Å². The first kappa shape index (κ1) is 12.0. The Bertz CT molecular complexity index is 271. The Morgan fingerprint density at radius 3 is 3.00 bits per heavy atom. The molecule has 0 fully saturated rings. The lowest BCUT2D eigenvalue weighted by Crippen LogP contribution is -2.14. The third-order valence-corrected chi connectivity index (χ3v) is 2.01. The third-order valence-electron chi connectivity index (χ3n) is 2.01. The molecule has 0 bridgehead atoms. The van der Waals surface area contributed by atoms with E-state index in [1.807, 2.05) is 19.3 Å². The highest BCUT2D eigenvalue weighted by atomic mass is 16.5. The quantitative estimate of drug-likeness (QED) is 0.701. The van der Waals surface area contributed by atoms with Crippen molar-refractivity contribution in [2.75, 3.05) is 25.1 Å². The van der Waals surface area contributed by atoms with E-state index in [1.165, 1.54) is 0 Å². The van der Waals surface area contributed by atoms with E-state index < -0.39 is 0 Å². The van der Waals surface area contributed by atoms with Crippen LogP contribution in [0.25, 0.3) is 0 Å². The first-order valence-electron chi connectivity index (χ1n) is 5.56. The van der Waals surface area contributed by atoms with Gasteiger partial charge in [0.2, 0.25) is 5.95 Å². The van der Waals surface area contributed by atoms with Crippen LogP contribution in [0.15, 0.2) is 12.4 Å². The van der Waals surface area contributed by atoms with Crippen LogP contribution in [-0.2, 0) is 11.3 Å². The van der Waals surface area contributed by atoms with Crippen LogP contribution in [0.5, 0.6) is 0 Å². The Morgan fingerprint density at radius 1 is 1.53 bits per heavy atom. The molecule has 0 aromatic carbocycles. The molecule has 1 heterocycles. The largest absolute Gasteiger partial charge is 0.380 e. The highest BCUT2D eigenvalue weighted by Crippen LogP contribution is 2.07. The number of nitrogens with one attached hydrogen (secondary N) is 1. The van der Waals surface area contributed by atoms with Crippen LogP contribution in [0.2, 0.25) is 0 Å². The van der Waals surface area contributed by atoms with Gasteiger partial charge in [0, 0.05) is 32.1 Å². The zero-order valence-corrected chi connectivity index (χ0v) is 9.86. The van der Waals surface area contributed by atoms with Gasteiger partial charge in [-0.05, 0) is 12.8 Å². The van der Waals surface area contributed by atoms with Crippen molar-refractivity contribution in [3.63, 3.8) is 0 Å². The molecule has 0 atom stereocenters. The van der Waals surface area contributed by atoms with Gasteiger partial charge in [0.1, 0.15) is 0 Å². The second-order valence-corrected chi connectivity index (χ2v) is 3.92. The number of nitrogens with zero attached hydrogens (tertiary/aromatic N) is 2. The van der Waals surface area contributed by atoms with Crippen molar-refractivity contribution < 1.29 is 4.74 Å². The molecule has 0 unspecified atom stereocenters. The molecule has 1 rings (SSSR count). The van der Waals surface area contributed by atoms with Crippen LogP contribution in [0.1, 0.15) is 20.8 Å². The van der Waals surface area contributed by atoms with Crippen LogP contribution >= 0.6 is 0 Å². The van der Waals surface area contributed by atoms with Gasteiger partial charge >= 0.3 is 0 Å². The van der Waals surface area contributed by atoms with E-state index in [9.17, 15) is 0 Å². The van der Waals surface area contributed by atoms with Gasteiger partial charge in [-0.1, -0.05) is 13.8 Å². The standard InChI is InChI=1S/C11H21N3O/c1-4-15-8-6-13-11-12-5-7-14(11)9-10(2)3/h5,7,10H,4,6,8-9H2,1-3H3,(H,12,13). The second kappa shape index (κ2) is 6.45. The summed E-state index contributed by atoms with van der Waals surface area (Å²) in [6.45, 7) is 9.70. The average molecular weight is 211 g/mol. The number of ether oxygens (including phenoxy) is 1. The molecule has 0 spiro atoms. The average Bonchev–Trinajstić information content (AvgIpc) is 2.59. The highest BCUT2D eigenvalue weighted by molar-refractivity contribution is 5.25. The van der Waals surface area contributed by atoms with Gasteiger partial charge in [-0.3, -0.25) is 0 Å². The molecule has 1 aromatic heterocycles. The first-order chi connectivity index (χ1) is 7.24. The molecular formula is C11H21N3O. The summed E-state index contributed by atoms with van der Waals surface area (Å²) in [5, 5.41) is 3.26. The molecule has 4 nitrogen and oxygen atoms in total. The van der Waals surface area contributed by atoms with Crippen molar-refractivity contribution in [3.8, 4) is 0 Å². The summed E-state index contributed by atoms with van der Waals surface area (Å²) in [6, 6.07) is 0. The number of hydrogen-bond donors (Lipinski definition) is 1. The summed E-state index contributed by atoms with van der Waals surface area (Å²) in [5.74, 6) is 1.56. The van der Waals surface area contributed by atoms with Crippen molar-refractivity contribution in [1.82, 2.24) is 9.55 Å². The lowest BCUT2D eigenvalue weighted by atomic mass is 10.2. The van der Waals surface area contributed by atoms with Crippen LogP contribution < -0.4 is 5.32 Å². The lowest BCUT2D eigenvalue weighted by molar-refractivity contribution is 0.158. The fraction of sp³-hybridized carbons (Fsp3) is 0.727. The molecule has 0 radical (unpaired) electrons. The smallest absolute Gasteiger partial charge is 0.202 e. The summed E-state index contributed by atoms with van der Waals surface area (Å²) in [6.07, 6.45) is 3.83. The number of hydrogen-bond acceptors (Lipinski definition) is 3. The monoisotopic (exact) mass is 211 g/mol. The Kier molecular flexibility index (Phi) is 5.18. The van der Waals surface area contributed by atoms with Crippen LogP contribution in [0.4, 0.5) is 5.95 Å². The maximum absolute atomic E-state index is 5.25. The fourth-order valence-electron chi connectivity index (χ4n) is 1.40. The van der Waals surface area contributed by atoms with Gasteiger partial charge in [0.05, 0.1) is 6.61 Å². The molecule has 0 amide bonds. The predicted octanol–water partition coefficient (Wildman–Crippen LogP) is 1.99. The number of imidazole rings is 1. The predicted molar refractivity (Wildman–Crippen MR) is 62.0 cm³/mol. The minimum atomic E-state index is 0.631. The van der Waals surface area contributed by atoms with Gasteiger partial charge in [0.25, 0.3) is 0 Å². The molecular weight excluding hydrogens is 190 g/mol. The van der Waals surface area contributed by atoms with Crippen molar-refractivity contribution in [3.05, 3.63) is 12.4 Å². The molecule has 15 heavy (non-hydrogen) atoms. The molecule has 0 saturated carbocycles. The van der Waals surface area contributed by atoms with Gasteiger partial charge in [-0.25, -0.2) is 4.98 Å². The van der Waals surface area contributed by atoms with Gasteiger partial charge in [-0.2, -0.15) is 0 Å². The molecule has 86 valence electrons. The van der Waals surface area contributed by atoms with Gasteiger partial charge in [-0.15, -0.1) is 0 Å². The van der Waals surface area contributed by atoms with E-state index in [0.717, 1.165) is 32.3 Å².